The van der Waals surface area contributed by atoms with Crippen molar-refractivity contribution in [2.75, 3.05) is 0 Å². The summed E-state index contributed by atoms with van der Waals surface area (Å²) in [7, 11) is 0. The third kappa shape index (κ3) is 2.84. The molecular weight excluding hydrogens is 495 g/mol. The van der Waals surface area contributed by atoms with Crippen LogP contribution in [0.5, 0.6) is 0 Å². The molecule has 0 saturated carbocycles. The van der Waals surface area contributed by atoms with Crippen molar-refractivity contribution in [3.63, 3.8) is 0 Å². The number of aliphatic hydroxyl groups is 4. The molecule has 2 aliphatic heterocycles. The van der Waals surface area contributed by atoms with E-state index in [1.165, 1.54) is 0 Å². The molecule has 1 spiro atoms. The van der Waals surface area contributed by atoms with Gasteiger partial charge in [0.2, 0.25) is 0 Å². The average Bonchev–Trinajstić information content (AvgIpc) is 2.53. The summed E-state index contributed by atoms with van der Waals surface area (Å²) in [4.78, 5) is 45.7. The second-order valence-corrected chi connectivity index (χ2v) is 11.0. The van der Waals surface area contributed by atoms with Crippen LogP contribution in [0.4, 0.5) is 0 Å². The molecule has 12 nitrogen and oxygen atoms in total. The van der Waals surface area contributed by atoms with Gasteiger partial charge in [0.05, 0.1) is 0 Å². The predicted octanol–water partition coefficient (Wildman–Crippen LogP) is -4.93. The first-order valence-electron chi connectivity index (χ1n) is 5.30. The number of hydrogen-bond donors (Lipinski definition) is 4. The van der Waals surface area contributed by atoms with Crippen molar-refractivity contribution in [3.8, 4) is 0 Å². The summed E-state index contributed by atoms with van der Waals surface area (Å²) in [5, 5.41) is 37.0. The standard InChI is InChI=1S/2C4H6O6.Pb/c2*5-1(3(7)8)2(6)4(9)10;/h2*1-2,5-6H,(H,7,8)(H,9,10);/q;;+4/p-4. The Labute approximate surface area is 122 Å². The molecule has 4 unspecified atom stereocenters. The van der Waals surface area contributed by atoms with Gasteiger partial charge in [-0.25, -0.2) is 0 Å². The molecule has 0 radical (unpaired) electrons. The van der Waals surface area contributed by atoms with Gasteiger partial charge in [0.25, 0.3) is 0 Å². The van der Waals surface area contributed by atoms with E-state index < -0.39 is 71.3 Å². The van der Waals surface area contributed by atoms with Crippen molar-refractivity contribution in [2.45, 2.75) is 24.4 Å². The van der Waals surface area contributed by atoms with Gasteiger partial charge < -0.3 is 0 Å². The maximum absolute atomic E-state index is 11.4. The van der Waals surface area contributed by atoms with Crippen LogP contribution in [0.1, 0.15) is 0 Å². The van der Waals surface area contributed by atoms with Gasteiger partial charge in [0.1, 0.15) is 0 Å². The summed E-state index contributed by atoms with van der Waals surface area (Å²) in [6, 6.07) is 0. The number of carbonyl (C=O) groups excluding carboxylic acids is 4. The van der Waals surface area contributed by atoms with E-state index >= 15 is 0 Å². The molecule has 2 rings (SSSR count). The van der Waals surface area contributed by atoms with E-state index in [-0.39, 0.29) is 0 Å². The second-order valence-electron chi connectivity index (χ2n) is 3.96. The van der Waals surface area contributed by atoms with Gasteiger partial charge in [0, 0.05) is 0 Å². The van der Waals surface area contributed by atoms with Crippen LogP contribution >= 0.6 is 0 Å². The second kappa shape index (κ2) is 5.45. The summed E-state index contributed by atoms with van der Waals surface area (Å²) >= 11 is -6.16. The van der Waals surface area contributed by atoms with Gasteiger partial charge in [-0.15, -0.1) is 0 Å². The van der Waals surface area contributed by atoms with Crippen LogP contribution in [0.3, 0.4) is 0 Å². The fourth-order valence-corrected chi connectivity index (χ4v) is 8.06. The molecule has 4 N–H and O–H groups in total. The first kappa shape index (κ1) is 16.0. The molecule has 0 aliphatic carbocycles. The van der Waals surface area contributed by atoms with Gasteiger partial charge in [-0.1, -0.05) is 0 Å². The molecule has 2 fully saturated rings. The summed E-state index contributed by atoms with van der Waals surface area (Å²) in [5.41, 5.74) is 0. The van der Waals surface area contributed by atoms with Crippen molar-refractivity contribution in [1.29, 1.82) is 0 Å². The minimum absolute atomic E-state index is 1.62. The SMILES string of the molecule is O=C1[O][Pb]2([O]C(=O)C(O)C1O)[O]C(=O)C(O)C(O)C(=O)[O]2. The monoisotopic (exact) mass is 504 g/mol. The Bertz CT molecular complexity index is 422. The van der Waals surface area contributed by atoms with Crippen molar-refractivity contribution < 1.29 is 50.4 Å². The third-order valence-electron chi connectivity index (χ3n) is 2.47. The van der Waals surface area contributed by atoms with Gasteiger partial charge in [-0.05, 0) is 0 Å². The van der Waals surface area contributed by atoms with E-state index in [0.29, 0.717) is 0 Å². The van der Waals surface area contributed by atoms with E-state index in [2.05, 4.69) is 10.7 Å². The van der Waals surface area contributed by atoms with Crippen molar-refractivity contribution in [1.82, 2.24) is 0 Å². The van der Waals surface area contributed by atoms with Crippen LogP contribution in [-0.4, -0.2) is 91.7 Å². The van der Waals surface area contributed by atoms with Crippen LogP contribution < -0.4 is 0 Å². The molecule has 0 amide bonds. The molecule has 13 heteroatoms. The van der Waals surface area contributed by atoms with Gasteiger partial charge in [-0.2, -0.15) is 0 Å². The Kier molecular flexibility index (Phi) is 4.15. The van der Waals surface area contributed by atoms with Crippen molar-refractivity contribution in [3.05, 3.63) is 0 Å². The van der Waals surface area contributed by atoms with E-state index in [9.17, 15) is 39.6 Å². The van der Waals surface area contributed by atoms with Gasteiger partial charge in [-0.3, -0.25) is 0 Å². The van der Waals surface area contributed by atoms with Crippen LogP contribution in [0.25, 0.3) is 0 Å². The zero-order chi connectivity index (χ0) is 15.9. The Balaban J connectivity index is 2.40. The van der Waals surface area contributed by atoms with Crippen molar-refractivity contribution >= 4 is 46.9 Å². The minimum atomic E-state index is -6.16. The Hall–Kier alpha value is -1.36. The zero-order valence-electron chi connectivity index (χ0n) is 9.86. The maximum atomic E-state index is 11.4. The zero-order valence-corrected chi connectivity index (χ0v) is 13.8. The number of aliphatic hydroxyl groups excluding tert-OH is 4. The topological polar surface area (TPSA) is 186 Å². The van der Waals surface area contributed by atoms with Crippen LogP contribution in [0.2, 0.25) is 0 Å². The Morgan fingerprint density at radius 2 is 0.762 bits per heavy atom. The van der Waals surface area contributed by atoms with E-state index in [4.69, 9.17) is 0 Å². The molecule has 0 aromatic carbocycles. The fraction of sp³-hybridized carbons (Fsp3) is 0.500. The number of hydrogen-bond acceptors (Lipinski definition) is 12. The molecule has 2 saturated heterocycles. The molecule has 2 heterocycles. The molecular formula is C8H8O12Pb. The normalized spacial score (nSPS) is 40.6. The molecule has 116 valence electrons. The number of carbonyl (C=O) groups is 4. The Morgan fingerprint density at radius 3 is 0.952 bits per heavy atom. The van der Waals surface area contributed by atoms with Crippen molar-refractivity contribution in [2.24, 2.45) is 0 Å². The van der Waals surface area contributed by atoms with E-state index in [0.717, 1.165) is 0 Å². The predicted molar refractivity (Wildman–Crippen MR) is 54.1 cm³/mol. The summed E-state index contributed by atoms with van der Waals surface area (Å²) in [6.07, 6.45) is -9.36. The van der Waals surface area contributed by atoms with Gasteiger partial charge >= 0.3 is 122 Å². The van der Waals surface area contributed by atoms with E-state index in [1.807, 2.05) is 0 Å². The summed E-state index contributed by atoms with van der Waals surface area (Å²) < 4.78 is 17.7. The molecule has 21 heavy (non-hydrogen) atoms. The fourth-order valence-electron chi connectivity index (χ4n) is 1.37. The van der Waals surface area contributed by atoms with Crippen LogP contribution in [0, 0.1) is 0 Å². The quantitative estimate of drug-likeness (QED) is 0.231. The van der Waals surface area contributed by atoms with E-state index in [1.54, 1.807) is 0 Å². The number of rotatable bonds is 0. The third-order valence-corrected chi connectivity index (χ3v) is 9.48. The first-order chi connectivity index (χ1) is 9.67. The molecule has 0 bridgehead atoms. The molecule has 0 aromatic heterocycles. The average molecular weight is 503 g/mol. The molecule has 2 aliphatic rings. The molecule has 0 aromatic rings. The molecule has 4 atom stereocenters. The van der Waals surface area contributed by atoms with Crippen LogP contribution in [0.15, 0.2) is 0 Å². The van der Waals surface area contributed by atoms with Gasteiger partial charge in [0.15, 0.2) is 0 Å². The van der Waals surface area contributed by atoms with Crippen LogP contribution in [-0.2, 0) is 29.9 Å². The Morgan fingerprint density at radius 1 is 0.571 bits per heavy atom. The summed E-state index contributed by atoms with van der Waals surface area (Å²) in [6.45, 7) is 0. The summed E-state index contributed by atoms with van der Waals surface area (Å²) in [5.74, 6) is -6.49. The first-order valence-corrected chi connectivity index (χ1v) is 11.7.